The molecule has 524 valence electrons. The first-order valence-corrected chi connectivity index (χ1v) is 38.1. The van der Waals surface area contributed by atoms with Crippen molar-refractivity contribution in [3.8, 4) is 0 Å². The van der Waals surface area contributed by atoms with Crippen LogP contribution in [0, 0.1) is 5.92 Å². The zero-order valence-corrected chi connectivity index (χ0v) is 57.4. The number of Topliss-reactive ketones (excluding diaryl/α,β-unsaturated/α-hetero) is 1. The summed E-state index contributed by atoms with van der Waals surface area (Å²) in [5, 5.41) is 29.8. The number of aliphatic hydroxyl groups excluding tert-OH is 2. The third-order valence-corrected chi connectivity index (χ3v) is 17.9. The van der Waals surface area contributed by atoms with Crippen LogP contribution in [0.5, 0.6) is 0 Å². The molecule has 0 bridgehead atoms. The molecule has 0 spiro atoms. The van der Waals surface area contributed by atoms with Crippen LogP contribution in [-0.4, -0.2) is 149 Å². The zero-order chi connectivity index (χ0) is 65.4. The normalized spacial score (nSPS) is 23.3. The lowest BCUT2D eigenvalue weighted by atomic mass is 9.95. The van der Waals surface area contributed by atoms with Gasteiger partial charge in [0.05, 0.1) is 25.7 Å². The van der Waals surface area contributed by atoms with E-state index in [1.165, 1.54) is 58.5 Å². The van der Waals surface area contributed by atoms with E-state index in [-0.39, 0.29) is 50.8 Å². The molecule has 8 N–H and O–H groups in total. The van der Waals surface area contributed by atoms with Crippen molar-refractivity contribution in [2.75, 3.05) is 33.5 Å². The number of aldehydes is 1. The largest absolute Gasteiger partial charge is 0.472 e. The first-order valence-electron chi connectivity index (χ1n) is 35.1. The van der Waals surface area contributed by atoms with Crippen molar-refractivity contribution >= 4 is 33.6 Å². The van der Waals surface area contributed by atoms with Gasteiger partial charge < -0.3 is 68.3 Å². The number of unbranched alkanes of at least 4 members (excludes halogenated alkanes) is 30. The number of methoxy groups -OCH3 is 1. The lowest BCUT2D eigenvalue weighted by Crippen LogP contribution is -2.68. The molecule has 2 heterocycles. The van der Waals surface area contributed by atoms with Crippen molar-refractivity contribution in [2.45, 2.75) is 352 Å². The summed E-state index contributed by atoms with van der Waals surface area (Å²) in [7, 11) is -9.32. The van der Waals surface area contributed by atoms with Crippen molar-refractivity contribution in [2.24, 2.45) is 5.92 Å². The summed E-state index contributed by atoms with van der Waals surface area (Å²) in [5.41, 5.74) is 0. The number of ketones is 1. The summed E-state index contributed by atoms with van der Waals surface area (Å²) < 4.78 is 73.4. The molecule has 2 rings (SSSR count). The molecule has 12 atom stereocenters. The van der Waals surface area contributed by atoms with Gasteiger partial charge in [-0.05, 0) is 64.2 Å². The van der Waals surface area contributed by atoms with Gasteiger partial charge in [-0.1, -0.05) is 220 Å². The second-order valence-electron chi connectivity index (χ2n) is 25.0. The zero-order valence-electron chi connectivity index (χ0n) is 55.7. The second kappa shape index (κ2) is 52.7. The summed E-state index contributed by atoms with van der Waals surface area (Å²) in [6.45, 7) is 7.79. The number of amides is 1. The topological polar surface area (TPSA) is 305 Å². The minimum atomic E-state index is -5.40. The molecule has 21 nitrogen and oxygen atoms in total. The molecule has 2 aliphatic rings. The number of allylic oxidation sites excluding steroid dienone is 2. The molecular formula is C66H126N2O19P2. The number of ether oxygens (including phenoxy) is 6. The van der Waals surface area contributed by atoms with Crippen LogP contribution in [0.4, 0.5) is 0 Å². The summed E-state index contributed by atoms with van der Waals surface area (Å²) >= 11 is 0. The van der Waals surface area contributed by atoms with E-state index in [2.05, 4.69) is 50.5 Å². The van der Waals surface area contributed by atoms with E-state index in [9.17, 15) is 53.3 Å². The maximum absolute atomic E-state index is 13.7. The standard InChI is InChI=1S/C66H126N2O19P2/c1-6-10-14-18-21-24-25-26-27-28-29-31-33-37-41-45-57(71)67-60-64(82-48-46-53(50-69)43-39-35-17-13-9-4)62(86-88(74,75)76)56(51-80-5)85-65(60)83-52-55-61(73)63(81-47-42-38-34-23-20-16-12-8-3)59(66(84-55)87-89(77,78)79)68-58(72)49-54(70)44-40-36-32-30-22-19-15-11-7-2/h24-25,50,53,55-57,59-67,71,73H,6-23,26-49,51-52H2,1-5H3,(H,68,72)(H2,74,75,76)(H2,77,78,79)/t53-,55?,56-,57-,59-,60-,61-,62-,63-,64-,65-,66-/m1/s1. The van der Waals surface area contributed by atoms with Crippen LogP contribution in [0.2, 0.25) is 0 Å². The van der Waals surface area contributed by atoms with Gasteiger partial charge in [-0.2, -0.15) is 0 Å². The molecule has 1 amide bonds. The van der Waals surface area contributed by atoms with Crippen LogP contribution in [0.3, 0.4) is 0 Å². The van der Waals surface area contributed by atoms with Crippen molar-refractivity contribution < 1.29 is 90.8 Å². The Kier molecular flexibility index (Phi) is 49.4. The molecule has 1 unspecified atom stereocenters. The van der Waals surface area contributed by atoms with E-state index in [0.717, 1.165) is 160 Å². The highest BCUT2D eigenvalue weighted by Crippen LogP contribution is 2.44. The molecule has 89 heavy (non-hydrogen) atoms. The summed E-state index contributed by atoms with van der Waals surface area (Å²) in [4.78, 5) is 80.4. The van der Waals surface area contributed by atoms with Crippen LogP contribution in [-0.2, 0) is 61.0 Å². The molecule has 23 heteroatoms. The van der Waals surface area contributed by atoms with Crippen molar-refractivity contribution in [1.82, 2.24) is 10.6 Å². The lowest BCUT2D eigenvalue weighted by Gasteiger charge is -2.48. The number of nitrogens with one attached hydrogen (secondary N) is 2. The molecule has 0 radical (unpaired) electrons. The fourth-order valence-corrected chi connectivity index (χ4v) is 12.8. The maximum Gasteiger partial charge on any atom is 0.472 e. The minimum absolute atomic E-state index is 0.0677. The van der Waals surface area contributed by atoms with E-state index in [4.69, 9.17) is 37.5 Å². The minimum Gasteiger partial charge on any atom is -0.388 e. The van der Waals surface area contributed by atoms with Crippen molar-refractivity contribution in [3.05, 3.63) is 12.2 Å². The monoisotopic (exact) mass is 1310 g/mol. The molecule has 0 aliphatic carbocycles. The Morgan fingerprint density at radius 3 is 1.52 bits per heavy atom. The third kappa shape index (κ3) is 41.1. The highest BCUT2D eigenvalue weighted by atomic mass is 31.2. The molecule has 2 saturated heterocycles. The van der Waals surface area contributed by atoms with Crippen molar-refractivity contribution in [3.63, 3.8) is 0 Å². The fraction of sp³-hybridized carbons (Fsp3) is 0.924. The second-order valence-corrected chi connectivity index (χ2v) is 27.4. The maximum atomic E-state index is 13.7. The Bertz CT molecular complexity index is 1880. The van der Waals surface area contributed by atoms with Crippen LogP contribution >= 0.6 is 15.6 Å². The molecule has 0 aromatic heterocycles. The van der Waals surface area contributed by atoms with E-state index < -0.39 is 102 Å². The highest BCUT2D eigenvalue weighted by Gasteiger charge is 2.53. The number of aliphatic hydroxyl groups is 2. The van der Waals surface area contributed by atoms with E-state index in [0.29, 0.717) is 25.7 Å². The number of carbonyl (C=O) groups excluding carboxylic acids is 3. The number of phosphoric ester groups is 2. The Hall–Kier alpha value is -1.59. The Balaban J connectivity index is 2.45. The van der Waals surface area contributed by atoms with Gasteiger partial charge in [-0.15, -0.1) is 0 Å². The Morgan fingerprint density at radius 2 is 0.989 bits per heavy atom. The molecule has 0 aromatic rings. The first-order chi connectivity index (χ1) is 42.9. The van der Waals surface area contributed by atoms with Crippen LogP contribution < -0.4 is 10.6 Å². The predicted octanol–water partition coefficient (Wildman–Crippen LogP) is 13.2. The van der Waals surface area contributed by atoms with Gasteiger partial charge in [0, 0.05) is 32.7 Å². The fourth-order valence-electron chi connectivity index (χ4n) is 11.8. The first kappa shape index (κ1) is 83.5. The molecule has 0 saturated carbocycles. The average Bonchev–Trinajstić information content (AvgIpc) is 1.50. The number of phosphoric acid groups is 2. The Labute approximate surface area is 536 Å². The highest BCUT2D eigenvalue weighted by molar-refractivity contribution is 7.46. The van der Waals surface area contributed by atoms with Crippen molar-refractivity contribution in [1.29, 1.82) is 0 Å². The van der Waals surface area contributed by atoms with E-state index >= 15 is 0 Å². The molecular weight excluding hydrogens is 1190 g/mol. The van der Waals surface area contributed by atoms with Gasteiger partial charge in [0.1, 0.15) is 61.0 Å². The smallest absolute Gasteiger partial charge is 0.388 e. The van der Waals surface area contributed by atoms with E-state index in [1.807, 2.05) is 0 Å². The third-order valence-electron chi connectivity index (χ3n) is 16.9. The van der Waals surface area contributed by atoms with Gasteiger partial charge in [0.25, 0.3) is 0 Å². The lowest BCUT2D eigenvalue weighted by molar-refractivity contribution is -0.303. The number of rotatable bonds is 60. The Morgan fingerprint density at radius 1 is 0.517 bits per heavy atom. The number of carbonyl (C=O) groups is 3. The predicted molar refractivity (Wildman–Crippen MR) is 347 cm³/mol. The number of hydrogen-bond acceptors (Lipinski definition) is 16. The summed E-state index contributed by atoms with van der Waals surface area (Å²) in [5.74, 6) is -1.48. The summed E-state index contributed by atoms with van der Waals surface area (Å²) in [6.07, 6.45) is 29.2. The van der Waals surface area contributed by atoms with Crippen LogP contribution in [0.15, 0.2) is 12.2 Å². The van der Waals surface area contributed by atoms with Crippen LogP contribution in [0.25, 0.3) is 0 Å². The molecule has 0 aromatic carbocycles. The van der Waals surface area contributed by atoms with Gasteiger partial charge in [0.15, 0.2) is 12.6 Å². The summed E-state index contributed by atoms with van der Waals surface area (Å²) in [6, 6.07) is -2.79. The van der Waals surface area contributed by atoms with Gasteiger partial charge in [0.2, 0.25) is 5.91 Å². The van der Waals surface area contributed by atoms with Gasteiger partial charge in [-0.25, -0.2) is 9.13 Å². The average molecular weight is 1310 g/mol. The molecule has 2 aliphatic heterocycles. The van der Waals surface area contributed by atoms with Gasteiger partial charge >= 0.3 is 15.6 Å². The van der Waals surface area contributed by atoms with Crippen LogP contribution in [0.1, 0.15) is 285 Å². The van der Waals surface area contributed by atoms with Gasteiger partial charge in [-0.3, -0.25) is 24.0 Å². The number of hydrogen-bond donors (Lipinski definition) is 8. The molecule has 2 fully saturated rings. The SMILES string of the molecule is CCCCCCC=CCCCCCCCCC[C@@H](O)N[C@H]1[C@H](OCC2O[C@H](OP(=O)(O)O)[C@H](NC(=O)CC(=O)CCCCCCCCCCC)[C@@H](OCCCCCCCCCC)[C@@H]2O)O[C@H](COC)[C@@H](OP(=O)(O)O)[C@@H]1OCC[C@H](C=O)CCCCCCC. The quantitative estimate of drug-likeness (QED) is 0.00701. The van der Waals surface area contributed by atoms with E-state index in [1.54, 1.807) is 0 Å².